The van der Waals surface area contributed by atoms with E-state index in [-0.39, 0.29) is 5.41 Å². The van der Waals surface area contributed by atoms with Crippen LogP contribution in [0.4, 0.5) is 0 Å². The first kappa shape index (κ1) is 24.6. The number of nitrogens with zero attached hydrogens (tertiary/aromatic N) is 2. The van der Waals surface area contributed by atoms with Gasteiger partial charge in [0.1, 0.15) is 5.82 Å². The van der Waals surface area contributed by atoms with E-state index in [9.17, 15) is 0 Å². The third-order valence-corrected chi connectivity index (χ3v) is 8.63. The van der Waals surface area contributed by atoms with Crippen molar-refractivity contribution in [1.82, 2.24) is 9.55 Å². The molecule has 0 saturated heterocycles. The van der Waals surface area contributed by atoms with Gasteiger partial charge in [-0.2, -0.15) is 0 Å². The predicted octanol–water partition coefficient (Wildman–Crippen LogP) is 10.5. The Morgan fingerprint density at radius 2 is 1.25 bits per heavy atom. The summed E-state index contributed by atoms with van der Waals surface area (Å²) in [6, 6.07) is 43.4. The fraction of sp³-hybridized carbons (Fsp3) is 0.108. The molecule has 0 saturated carbocycles. The number of aromatic nitrogens is 2. The van der Waals surface area contributed by atoms with Crippen LogP contribution in [0.15, 0.2) is 127 Å². The molecule has 0 spiro atoms. The third-order valence-electron chi connectivity index (χ3n) is 7.67. The Hall–Kier alpha value is -4.47. The van der Waals surface area contributed by atoms with Crippen LogP contribution in [0.3, 0.4) is 0 Å². The molecule has 0 fully saturated rings. The number of hydrogen-bond acceptors (Lipinski definition) is 2. The zero-order valence-corrected chi connectivity index (χ0v) is 23.7. The lowest BCUT2D eigenvalue weighted by Crippen LogP contribution is -2.10. The largest absolute Gasteiger partial charge is 0.291 e. The van der Waals surface area contributed by atoms with Gasteiger partial charge in [0.2, 0.25) is 0 Å². The fourth-order valence-electron chi connectivity index (χ4n) is 5.59. The van der Waals surface area contributed by atoms with Crippen molar-refractivity contribution in [2.75, 3.05) is 0 Å². The summed E-state index contributed by atoms with van der Waals surface area (Å²) in [4.78, 5) is 5.31. The van der Waals surface area contributed by atoms with Gasteiger partial charge < -0.3 is 0 Å². The van der Waals surface area contributed by atoms with Gasteiger partial charge in [0, 0.05) is 32.2 Å². The average Bonchev–Trinajstić information content (AvgIpc) is 3.58. The van der Waals surface area contributed by atoms with Gasteiger partial charge in [-0.25, -0.2) is 4.98 Å². The molecule has 0 amide bonds. The van der Waals surface area contributed by atoms with E-state index in [2.05, 4.69) is 152 Å². The standard InChI is InChI=1S/C37H30N2S/c1-37(2,3)27-21-22-34-30(23-27)31(24-40-34)36-38-32-19-10-11-20-33(32)39(36)35-28(25-13-6-4-7-14-25)17-12-18-29(35)26-15-8-5-9-16-26/h4-24H,1-3H3. The van der Waals surface area contributed by atoms with Crippen molar-refractivity contribution in [3.63, 3.8) is 0 Å². The van der Waals surface area contributed by atoms with Crippen molar-refractivity contribution in [3.8, 4) is 39.3 Å². The summed E-state index contributed by atoms with van der Waals surface area (Å²) in [6.45, 7) is 6.83. The summed E-state index contributed by atoms with van der Waals surface area (Å²) < 4.78 is 3.67. The number of para-hydroxylation sites is 3. The lowest BCUT2D eigenvalue weighted by atomic mass is 9.86. The van der Waals surface area contributed by atoms with Crippen molar-refractivity contribution >= 4 is 32.5 Å². The lowest BCUT2D eigenvalue weighted by molar-refractivity contribution is 0.591. The Kier molecular flexibility index (Phi) is 5.91. The van der Waals surface area contributed by atoms with E-state index in [1.54, 1.807) is 11.3 Å². The highest BCUT2D eigenvalue weighted by atomic mass is 32.1. The Morgan fingerprint density at radius 3 is 1.90 bits per heavy atom. The lowest BCUT2D eigenvalue weighted by Gasteiger charge is -2.20. The van der Waals surface area contributed by atoms with Gasteiger partial charge in [-0.15, -0.1) is 11.3 Å². The van der Waals surface area contributed by atoms with Crippen LogP contribution in [-0.4, -0.2) is 9.55 Å². The number of thiophene rings is 1. The summed E-state index contributed by atoms with van der Waals surface area (Å²) in [5, 5.41) is 3.54. The Morgan fingerprint density at radius 1 is 0.625 bits per heavy atom. The van der Waals surface area contributed by atoms with Gasteiger partial charge in [-0.3, -0.25) is 4.57 Å². The van der Waals surface area contributed by atoms with E-state index in [1.165, 1.54) is 43.5 Å². The minimum atomic E-state index is 0.0634. The summed E-state index contributed by atoms with van der Waals surface area (Å²) >= 11 is 1.79. The molecule has 40 heavy (non-hydrogen) atoms. The Labute approximate surface area is 239 Å². The number of benzene rings is 5. The van der Waals surface area contributed by atoms with Crippen molar-refractivity contribution in [3.05, 3.63) is 132 Å². The zero-order valence-electron chi connectivity index (χ0n) is 22.9. The maximum Gasteiger partial charge on any atom is 0.147 e. The first-order chi connectivity index (χ1) is 19.5. The molecule has 194 valence electrons. The molecule has 7 rings (SSSR count). The van der Waals surface area contributed by atoms with Crippen LogP contribution < -0.4 is 0 Å². The number of fused-ring (bicyclic) bond motifs is 2. The van der Waals surface area contributed by atoms with E-state index in [1.807, 2.05) is 0 Å². The van der Waals surface area contributed by atoms with E-state index >= 15 is 0 Å². The third kappa shape index (κ3) is 4.14. The topological polar surface area (TPSA) is 17.8 Å². The predicted molar refractivity (Wildman–Crippen MR) is 171 cm³/mol. The molecule has 5 aromatic carbocycles. The van der Waals surface area contributed by atoms with E-state index in [0.29, 0.717) is 0 Å². The van der Waals surface area contributed by atoms with Crippen molar-refractivity contribution in [2.45, 2.75) is 26.2 Å². The molecule has 0 atom stereocenters. The van der Waals surface area contributed by atoms with Crippen LogP contribution >= 0.6 is 11.3 Å². The molecule has 2 nitrogen and oxygen atoms in total. The van der Waals surface area contributed by atoms with Crippen LogP contribution in [0.5, 0.6) is 0 Å². The fourth-order valence-corrected chi connectivity index (χ4v) is 6.51. The van der Waals surface area contributed by atoms with Gasteiger partial charge >= 0.3 is 0 Å². The maximum atomic E-state index is 5.31. The highest BCUT2D eigenvalue weighted by Gasteiger charge is 2.23. The first-order valence-corrected chi connectivity index (χ1v) is 14.6. The van der Waals surface area contributed by atoms with Crippen LogP contribution in [0, 0.1) is 0 Å². The molecular formula is C37H30N2S. The van der Waals surface area contributed by atoms with Crippen LogP contribution in [-0.2, 0) is 5.41 Å². The van der Waals surface area contributed by atoms with Crippen LogP contribution in [0.1, 0.15) is 26.3 Å². The smallest absolute Gasteiger partial charge is 0.147 e. The van der Waals surface area contributed by atoms with E-state index in [4.69, 9.17) is 4.98 Å². The number of hydrogen-bond donors (Lipinski definition) is 0. The quantitative estimate of drug-likeness (QED) is 0.220. The van der Waals surface area contributed by atoms with Crippen LogP contribution in [0.25, 0.3) is 60.4 Å². The molecule has 0 N–H and O–H groups in total. The summed E-state index contributed by atoms with van der Waals surface area (Å²) in [7, 11) is 0. The second-order valence-corrected chi connectivity index (χ2v) is 12.2. The SMILES string of the molecule is CC(C)(C)c1ccc2scc(-c3nc4ccccc4n3-c3c(-c4ccccc4)cccc3-c3ccccc3)c2c1. The summed E-state index contributed by atoms with van der Waals surface area (Å²) in [5.41, 5.74) is 10.5. The van der Waals surface area contributed by atoms with Crippen molar-refractivity contribution < 1.29 is 0 Å². The van der Waals surface area contributed by atoms with Gasteiger partial charge in [0.25, 0.3) is 0 Å². The second kappa shape index (κ2) is 9.62. The van der Waals surface area contributed by atoms with E-state index < -0.39 is 0 Å². The number of imidazole rings is 1. The molecule has 0 aliphatic rings. The van der Waals surface area contributed by atoms with E-state index in [0.717, 1.165) is 22.5 Å². The molecule has 7 aromatic rings. The highest BCUT2D eigenvalue weighted by Crippen LogP contribution is 2.43. The molecule has 0 radical (unpaired) electrons. The molecule has 2 aromatic heterocycles. The minimum absolute atomic E-state index is 0.0634. The van der Waals surface area contributed by atoms with Crippen LogP contribution in [0.2, 0.25) is 0 Å². The molecule has 0 unspecified atom stereocenters. The minimum Gasteiger partial charge on any atom is -0.291 e. The molecule has 3 heteroatoms. The Balaban J connectivity index is 1.60. The maximum absolute atomic E-state index is 5.31. The number of rotatable bonds is 4. The van der Waals surface area contributed by atoms with Crippen molar-refractivity contribution in [1.29, 1.82) is 0 Å². The molecule has 0 aliphatic carbocycles. The monoisotopic (exact) mass is 534 g/mol. The van der Waals surface area contributed by atoms with Gasteiger partial charge in [-0.05, 0) is 46.4 Å². The normalized spacial score (nSPS) is 11.9. The molecule has 0 bridgehead atoms. The summed E-state index contributed by atoms with van der Waals surface area (Å²) in [6.07, 6.45) is 0. The first-order valence-electron chi connectivity index (χ1n) is 13.7. The summed E-state index contributed by atoms with van der Waals surface area (Å²) in [5.74, 6) is 0.971. The zero-order chi connectivity index (χ0) is 27.3. The van der Waals surface area contributed by atoms with Gasteiger partial charge in [0.15, 0.2) is 0 Å². The van der Waals surface area contributed by atoms with Gasteiger partial charge in [-0.1, -0.05) is 118 Å². The van der Waals surface area contributed by atoms with Gasteiger partial charge in [0.05, 0.1) is 16.7 Å². The second-order valence-electron chi connectivity index (χ2n) is 11.3. The molecule has 2 heterocycles. The Bertz CT molecular complexity index is 1910. The highest BCUT2D eigenvalue weighted by molar-refractivity contribution is 7.17. The molecule has 0 aliphatic heterocycles. The average molecular weight is 535 g/mol. The van der Waals surface area contributed by atoms with Crippen molar-refractivity contribution in [2.24, 2.45) is 0 Å². The molecular weight excluding hydrogens is 504 g/mol.